The lowest BCUT2D eigenvalue weighted by Crippen LogP contribution is -2.19. The molecule has 0 radical (unpaired) electrons. The van der Waals surface area contributed by atoms with Crippen LogP contribution < -0.4 is 5.73 Å². The van der Waals surface area contributed by atoms with Crippen molar-refractivity contribution < 1.29 is 0 Å². The lowest BCUT2D eigenvalue weighted by Gasteiger charge is -2.09. The summed E-state index contributed by atoms with van der Waals surface area (Å²) in [6.45, 7) is 4.28. The Balaban J connectivity index is 2.22. The van der Waals surface area contributed by atoms with Gasteiger partial charge >= 0.3 is 0 Å². The zero-order valence-electron chi connectivity index (χ0n) is 9.77. The molecule has 84 valence electrons. The van der Waals surface area contributed by atoms with Gasteiger partial charge in [-0.2, -0.15) is 5.10 Å². The predicted octanol–water partition coefficient (Wildman–Crippen LogP) is 2.57. The second-order valence-electron chi connectivity index (χ2n) is 5.10. The number of benzene rings is 1. The van der Waals surface area contributed by atoms with E-state index in [-0.39, 0.29) is 5.54 Å². The Morgan fingerprint density at radius 3 is 2.75 bits per heavy atom. The maximum atomic E-state index is 6.27. The van der Waals surface area contributed by atoms with Crippen LogP contribution in [0.25, 0.3) is 10.9 Å². The van der Waals surface area contributed by atoms with Crippen molar-refractivity contribution in [2.75, 3.05) is 0 Å². The van der Waals surface area contributed by atoms with E-state index in [0.29, 0.717) is 6.04 Å². The Morgan fingerprint density at radius 1 is 1.38 bits per heavy atom. The Morgan fingerprint density at radius 2 is 2.12 bits per heavy atom. The monoisotopic (exact) mass is 215 g/mol. The highest BCUT2D eigenvalue weighted by atomic mass is 15.3. The van der Waals surface area contributed by atoms with Gasteiger partial charge in [0, 0.05) is 28.7 Å². The number of fused-ring (bicyclic) bond motifs is 1. The molecule has 1 aromatic heterocycles. The SMILES string of the molecule is CC(C)n1cc2cccc(C3(N)CC3)c2n1. The summed E-state index contributed by atoms with van der Waals surface area (Å²) in [5.74, 6) is 0. The molecule has 0 aliphatic heterocycles. The van der Waals surface area contributed by atoms with Gasteiger partial charge in [0.1, 0.15) is 0 Å². The highest BCUT2D eigenvalue weighted by molar-refractivity contribution is 5.82. The first-order chi connectivity index (χ1) is 7.60. The molecule has 3 nitrogen and oxygen atoms in total. The Labute approximate surface area is 95.2 Å². The minimum Gasteiger partial charge on any atom is -0.321 e. The summed E-state index contributed by atoms with van der Waals surface area (Å²) in [4.78, 5) is 0. The van der Waals surface area contributed by atoms with Crippen LogP contribution in [0.5, 0.6) is 0 Å². The third-order valence-electron chi connectivity index (χ3n) is 3.41. The van der Waals surface area contributed by atoms with Crippen molar-refractivity contribution in [2.24, 2.45) is 5.73 Å². The third-order valence-corrected chi connectivity index (χ3v) is 3.41. The van der Waals surface area contributed by atoms with E-state index in [9.17, 15) is 0 Å². The Bertz CT molecular complexity index is 535. The molecule has 0 amide bonds. The molecule has 0 atom stereocenters. The van der Waals surface area contributed by atoms with Crippen molar-refractivity contribution in [3.8, 4) is 0 Å². The fourth-order valence-corrected chi connectivity index (χ4v) is 2.13. The zero-order chi connectivity index (χ0) is 11.3. The summed E-state index contributed by atoms with van der Waals surface area (Å²) in [7, 11) is 0. The lowest BCUT2D eigenvalue weighted by atomic mass is 10.0. The van der Waals surface area contributed by atoms with Gasteiger partial charge in [0.25, 0.3) is 0 Å². The fourth-order valence-electron chi connectivity index (χ4n) is 2.13. The first-order valence-corrected chi connectivity index (χ1v) is 5.87. The van der Waals surface area contributed by atoms with Crippen molar-refractivity contribution in [3.05, 3.63) is 30.0 Å². The lowest BCUT2D eigenvalue weighted by molar-refractivity contribution is 0.536. The van der Waals surface area contributed by atoms with Crippen LogP contribution in [0.4, 0.5) is 0 Å². The van der Waals surface area contributed by atoms with Crippen LogP contribution in [0, 0.1) is 0 Å². The summed E-state index contributed by atoms with van der Waals surface area (Å²) in [6, 6.07) is 6.70. The molecule has 1 aromatic carbocycles. The van der Waals surface area contributed by atoms with E-state index in [1.807, 2.05) is 4.68 Å². The molecule has 1 saturated carbocycles. The molecule has 3 rings (SSSR count). The zero-order valence-corrected chi connectivity index (χ0v) is 9.77. The number of hydrogen-bond donors (Lipinski definition) is 1. The molecule has 3 heteroatoms. The fraction of sp³-hybridized carbons (Fsp3) is 0.462. The van der Waals surface area contributed by atoms with Gasteiger partial charge in [0.15, 0.2) is 0 Å². The first-order valence-electron chi connectivity index (χ1n) is 5.87. The Hall–Kier alpha value is -1.35. The largest absolute Gasteiger partial charge is 0.321 e. The summed E-state index contributed by atoms with van der Waals surface area (Å²) >= 11 is 0. The second kappa shape index (κ2) is 3.08. The third kappa shape index (κ3) is 1.35. The van der Waals surface area contributed by atoms with Gasteiger partial charge < -0.3 is 5.73 Å². The van der Waals surface area contributed by atoms with E-state index < -0.39 is 0 Å². The highest BCUT2D eigenvalue weighted by Gasteiger charge is 2.41. The molecule has 1 fully saturated rings. The molecule has 0 bridgehead atoms. The van der Waals surface area contributed by atoms with E-state index in [4.69, 9.17) is 5.73 Å². The summed E-state index contributed by atoms with van der Waals surface area (Å²) in [5.41, 5.74) is 8.46. The van der Waals surface area contributed by atoms with Gasteiger partial charge in [-0.1, -0.05) is 18.2 Å². The Kier molecular flexibility index (Phi) is 1.89. The molecule has 1 heterocycles. The van der Waals surface area contributed by atoms with Crippen LogP contribution in [0.1, 0.15) is 38.3 Å². The van der Waals surface area contributed by atoms with Gasteiger partial charge in [-0.05, 0) is 26.7 Å². The normalized spacial score (nSPS) is 18.2. The topological polar surface area (TPSA) is 43.8 Å². The quantitative estimate of drug-likeness (QED) is 0.836. The predicted molar refractivity (Wildman–Crippen MR) is 65.2 cm³/mol. The average molecular weight is 215 g/mol. The van der Waals surface area contributed by atoms with E-state index >= 15 is 0 Å². The van der Waals surface area contributed by atoms with Gasteiger partial charge in [-0.15, -0.1) is 0 Å². The van der Waals surface area contributed by atoms with Crippen molar-refractivity contribution in [3.63, 3.8) is 0 Å². The number of nitrogens with zero attached hydrogens (tertiary/aromatic N) is 2. The highest BCUT2D eigenvalue weighted by Crippen LogP contribution is 2.44. The van der Waals surface area contributed by atoms with Crippen LogP contribution in [0.2, 0.25) is 0 Å². The van der Waals surface area contributed by atoms with Crippen LogP contribution in [-0.4, -0.2) is 9.78 Å². The van der Waals surface area contributed by atoms with Gasteiger partial charge in [-0.3, -0.25) is 4.68 Å². The van der Waals surface area contributed by atoms with Crippen molar-refractivity contribution in [2.45, 2.75) is 38.3 Å². The van der Waals surface area contributed by atoms with Gasteiger partial charge in [0.2, 0.25) is 0 Å². The van der Waals surface area contributed by atoms with Crippen molar-refractivity contribution in [1.82, 2.24) is 9.78 Å². The van der Waals surface area contributed by atoms with E-state index in [2.05, 4.69) is 43.3 Å². The van der Waals surface area contributed by atoms with Crippen LogP contribution in [0.15, 0.2) is 24.4 Å². The molecule has 0 unspecified atom stereocenters. The molecule has 0 saturated heterocycles. The maximum Gasteiger partial charge on any atom is 0.0973 e. The van der Waals surface area contributed by atoms with Crippen LogP contribution in [-0.2, 0) is 5.54 Å². The molecular formula is C13H17N3. The second-order valence-corrected chi connectivity index (χ2v) is 5.10. The molecule has 1 aliphatic carbocycles. The van der Waals surface area contributed by atoms with Crippen molar-refractivity contribution in [1.29, 1.82) is 0 Å². The molecule has 0 spiro atoms. The summed E-state index contributed by atoms with van der Waals surface area (Å²) in [5, 5.41) is 5.85. The molecule has 2 aromatic rings. The number of rotatable bonds is 2. The maximum absolute atomic E-state index is 6.27. The molecule has 2 N–H and O–H groups in total. The standard InChI is InChI=1S/C13H17N3/c1-9(2)16-8-10-4-3-5-11(12(10)15-16)13(14)6-7-13/h3-5,8-9H,6-7,14H2,1-2H3. The average Bonchev–Trinajstić information content (AvgIpc) is 2.84. The minimum absolute atomic E-state index is 0.102. The van der Waals surface area contributed by atoms with Gasteiger partial charge in [-0.25, -0.2) is 0 Å². The smallest absolute Gasteiger partial charge is 0.0973 e. The van der Waals surface area contributed by atoms with E-state index in [1.54, 1.807) is 0 Å². The number of aromatic nitrogens is 2. The number of nitrogens with two attached hydrogens (primary N) is 1. The van der Waals surface area contributed by atoms with E-state index in [0.717, 1.165) is 18.4 Å². The van der Waals surface area contributed by atoms with Crippen LogP contribution in [0.3, 0.4) is 0 Å². The van der Waals surface area contributed by atoms with E-state index in [1.165, 1.54) is 10.9 Å². The summed E-state index contributed by atoms with van der Waals surface area (Å²) in [6.07, 6.45) is 4.27. The van der Waals surface area contributed by atoms with Crippen LogP contribution >= 0.6 is 0 Å². The summed E-state index contributed by atoms with van der Waals surface area (Å²) < 4.78 is 2.01. The van der Waals surface area contributed by atoms with Crippen molar-refractivity contribution >= 4 is 10.9 Å². The molecule has 16 heavy (non-hydrogen) atoms. The first kappa shape index (κ1) is 9.85. The molecule has 1 aliphatic rings. The van der Waals surface area contributed by atoms with Gasteiger partial charge in [0.05, 0.1) is 5.52 Å². The minimum atomic E-state index is -0.102. The molecular weight excluding hydrogens is 198 g/mol. The number of hydrogen-bond acceptors (Lipinski definition) is 2.